The number of anilines is 1. The Kier molecular flexibility index (Phi) is 9.98. The number of hydrogen-bond donors (Lipinski definition) is 1. The van der Waals surface area contributed by atoms with Gasteiger partial charge in [-0.3, -0.25) is 4.98 Å². The summed E-state index contributed by atoms with van der Waals surface area (Å²) < 4.78 is 10.4. The van der Waals surface area contributed by atoms with E-state index in [2.05, 4.69) is 36.0 Å². The number of carbonyl (C=O) groups is 1. The fraction of sp³-hybridized carbons (Fsp3) is 0.370. The van der Waals surface area contributed by atoms with Crippen molar-refractivity contribution in [3.8, 4) is 0 Å². The first-order chi connectivity index (χ1) is 16.4. The van der Waals surface area contributed by atoms with E-state index in [1.165, 1.54) is 0 Å². The molecule has 0 saturated carbocycles. The number of pyridine rings is 1. The molecule has 0 amide bonds. The van der Waals surface area contributed by atoms with Gasteiger partial charge in [0.05, 0.1) is 5.52 Å². The van der Waals surface area contributed by atoms with E-state index in [0.29, 0.717) is 24.2 Å². The molecule has 34 heavy (non-hydrogen) atoms. The van der Waals surface area contributed by atoms with Gasteiger partial charge in [-0.1, -0.05) is 42.8 Å². The first-order valence-electron chi connectivity index (χ1n) is 11.7. The quantitative estimate of drug-likeness (QED) is 0.304. The number of aromatic nitrogens is 1. The first kappa shape index (κ1) is 25.8. The molecule has 3 rings (SSSR count). The summed E-state index contributed by atoms with van der Waals surface area (Å²) >= 11 is 6.09. The van der Waals surface area contributed by atoms with E-state index in [-0.39, 0.29) is 6.61 Å². The van der Waals surface area contributed by atoms with Gasteiger partial charge in [-0.25, -0.2) is 4.79 Å². The van der Waals surface area contributed by atoms with Crippen LogP contribution in [0.3, 0.4) is 0 Å². The van der Waals surface area contributed by atoms with Crippen molar-refractivity contribution in [3.05, 3.63) is 77.8 Å². The second-order valence-corrected chi connectivity index (χ2v) is 8.78. The topological polar surface area (TPSA) is 63.7 Å². The van der Waals surface area contributed by atoms with Crippen molar-refractivity contribution in [2.45, 2.75) is 39.3 Å². The highest BCUT2D eigenvalue weighted by molar-refractivity contribution is 6.31. The maximum Gasteiger partial charge on any atom is 0.508 e. The third-order valence-electron chi connectivity index (χ3n) is 5.67. The fourth-order valence-corrected chi connectivity index (χ4v) is 3.88. The number of halogens is 1. The number of ether oxygens (including phenoxy) is 2. The SMILES string of the molecule is [CH2]c1ccc(COC(=O)OCCN(CC)CCCC(C)Nc2ccnc3cc(Cl)ccc23)cc1. The van der Waals surface area contributed by atoms with E-state index < -0.39 is 6.16 Å². The van der Waals surface area contributed by atoms with Crippen LogP contribution in [0.2, 0.25) is 5.02 Å². The Morgan fingerprint density at radius 3 is 2.71 bits per heavy atom. The zero-order valence-corrected chi connectivity index (χ0v) is 20.7. The van der Waals surface area contributed by atoms with Crippen molar-refractivity contribution >= 4 is 34.3 Å². The third-order valence-corrected chi connectivity index (χ3v) is 5.91. The van der Waals surface area contributed by atoms with Gasteiger partial charge in [-0.05, 0) is 75.2 Å². The lowest BCUT2D eigenvalue weighted by molar-refractivity contribution is 0.0432. The van der Waals surface area contributed by atoms with Gasteiger partial charge >= 0.3 is 6.16 Å². The van der Waals surface area contributed by atoms with Crippen LogP contribution in [-0.2, 0) is 16.1 Å². The van der Waals surface area contributed by atoms with Gasteiger partial charge in [-0.2, -0.15) is 0 Å². The molecule has 0 aliphatic carbocycles. The van der Waals surface area contributed by atoms with Crippen molar-refractivity contribution in [2.75, 3.05) is 31.6 Å². The molecular weight excluding hydrogens is 450 g/mol. The molecule has 0 aliphatic heterocycles. The van der Waals surface area contributed by atoms with Crippen LogP contribution in [0.5, 0.6) is 0 Å². The van der Waals surface area contributed by atoms with E-state index in [1.54, 1.807) is 6.20 Å². The molecule has 1 N–H and O–H groups in total. The summed E-state index contributed by atoms with van der Waals surface area (Å²) in [5.41, 5.74) is 3.78. The van der Waals surface area contributed by atoms with Crippen molar-refractivity contribution in [3.63, 3.8) is 0 Å². The van der Waals surface area contributed by atoms with Crippen LogP contribution < -0.4 is 5.32 Å². The summed E-state index contributed by atoms with van der Waals surface area (Å²) in [5, 5.41) is 5.35. The zero-order valence-electron chi connectivity index (χ0n) is 19.9. The van der Waals surface area contributed by atoms with Crippen molar-refractivity contribution in [1.82, 2.24) is 9.88 Å². The van der Waals surface area contributed by atoms with Crippen LogP contribution in [0.15, 0.2) is 54.7 Å². The van der Waals surface area contributed by atoms with Gasteiger partial charge in [0.2, 0.25) is 0 Å². The molecule has 3 aromatic rings. The lowest BCUT2D eigenvalue weighted by atomic mass is 10.1. The summed E-state index contributed by atoms with van der Waals surface area (Å²) in [6, 6.07) is 15.6. The third kappa shape index (κ3) is 8.19. The molecular formula is C27H33ClN3O3. The van der Waals surface area contributed by atoms with Gasteiger partial charge in [0.15, 0.2) is 0 Å². The number of hydrogen-bond acceptors (Lipinski definition) is 6. The minimum Gasteiger partial charge on any atom is -0.433 e. The number of likely N-dealkylation sites (N-methyl/N-ethyl adjacent to an activating group) is 1. The normalized spacial score (nSPS) is 12.0. The first-order valence-corrected chi connectivity index (χ1v) is 12.1. The van der Waals surface area contributed by atoms with E-state index in [1.807, 2.05) is 48.5 Å². The van der Waals surface area contributed by atoms with Gasteiger partial charge in [0.1, 0.15) is 13.2 Å². The van der Waals surface area contributed by atoms with Gasteiger partial charge in [0.25, 0.3) is 0 Å². The minimum atomic E-state index is -0.640. The number of nitrogens with zero attached hydrogens (tertiary/aromatic N) is 2. The average Bonchev–Trinajstić information content (AvgIpc) is 2.82. The molecule has 2 aromatic carbocycles. The van der Waals surface area contributed by atoms with Gasteiger partial charge in [0, 0.05) is 34.9 Å². The van der Waals surface area contributed by atoms with Crippen LogP contribution in [0.1, 0.15) is 37.8 Å². The minimum absolute atomic E-state index is 0.196. The Morgan fingerprint density at radius 1 is 1.15 bits per heavy atom. The number of carbonyl (C=O) groups excluding carboxylic acids is 1. The Hall–Kier alpha value is -2.83. The second kappa shape index (κ2) is 13.2. The molecule has 1 heterocycles. The molecule has 6 nitrogen and oxygen atoms in total. The van der Waals surface area contributed by atoms with E-state index in [4.69, 9.17) is 21.1 Å². The predicted octanol–water partition coefficient (Wildman–Crippen LogP) is 6.33. The molecule has 0 spiro atoms. The van der Waals surface area contributed by atoms with E-state index >= 15 is 0 Å². The molecule has 0 aliphatic rings. The second-order valence-electron chi connectivity index (χ2n) is 8.35. The molecule has 0 fully saturated rings. The number of nitrogens with one attached hydrogen (secondary N) is 1. The van der Waals surface area contributed by atoms with Crippen molar-refractivity contribution < 1.29 is 14.3 Å². The highest BCUT2D eigenvalue weighted by Crippen LogP contribution is 2.25. The number of rotatable bonds is 12. The monoisotopic (exact) mass is 482 g/mol. The summed E-state index contributed by atoms with van der Waals surface area (Å²) in [4.78, 5) is 18.5. The lowest BCUT2D eigenvalue weighted by Gasteiger charge is -2.22. The Bertz CT molecular complexity index is 1060. The van der Waals surface area contributed by atoms with Gasteiger partial charge in [-0.15, -0.1) is 0 Å². The molecule has 1 radical (unpaired) electrons. The highest BCUT2D eigenvalue weighted by atomic mass is 35.5. The Balaban J connectivity index is 1.34. The molecule has 1 aromatic heterocycles. The molecule has 181 valence electrons. The summed E-state index contributed by atoms with van der Waals surface area (Å²) in [5.74, 6) is 0. The Morgan fingerprint density at radius 2 is 1.94 bits per heavy atom. The van der Waals surface area contributed by atoms with Crippen LogP contribution in [0.25, 0.3) is 10.9 Å². The summed E-state index contributed by atoms with van der Waals surface area (Å²) in [6.45, 7) is 11.1. The van der Waals surface area contributed by atoms with E-state index in [9.17, 15) is 4.79 Å². The maximum absolute atomic E-state index is 11.8. The Labute approximate surface area is 207 Å². The van der Waals surface area contributed by atoms with Crippen LogP contribution >= 0.6 is 11.6 Å². The summed E-state index contributed by atoms with van der Waals surface area (Å²) in [6.07, 6.45) is 3.21. The smallest absolute Gasteiger partial charge is 0.433 e. The molecule has 1 unspecified atom stereocenters. The largest absolute Gasteiger partial charge is 0.508 e. The average molecular weight is 483 g/mol. The summed E-state index contributed by atoms with van der Waals surface area (Å²) in [7, 11) is 0. The van der Waals surface area contributed by atoms with Crippen LogP contribution in [0, 0.1) is 6.92 Å². The van der Waals surface area contributed by atoms with Crippen LogP contribution in [0.4, 0.5) is 10.5 Å². The van der Waals surface area contributed by atoms with E-state index in [0.717, 1.165) is 53.6 Å². The zero-order chi connectivity index (χ0) is 24.3. The molecule has 0 bridgehead atoms. The van der Waals surface area contributed by atoms with Crippen molar-refractivity contribution in [1.29, 1.82) is 0 Å². The number of benzene rings is 2. The molecule has 1 atom stereocenters. The predicted molar refractivity (Wildman–Crippen MR) is 138 cm³/mol. The standard InChI is InChI=1S/C27H33ClN3O3/c1-4-31(16-17-33-27(32)34-19-22-9-7-20(2)8-10-22)15-5-6-21(3)30-25-13-14-29-26-18-23(28)11-12-24(25)26/h7-14,18,21H,2,4-6,15-17,19H2,1,3H3,(H,29,30). The fourth-order valence-electron chi connectivity index (χ4n) is 3.71. The maximum atomic E-state index is 11.8. The van der Waals surface area contributed by atoms with Crippen molar-refractivity contribution in [2.24, 2.45) is 0 Å². The van der Waals surface area contributed by atoms with Gasteiger partial charge < -0.3 is 19.7 Å². The lowest BCUT2D eigenvalue weighted by Crippen LogP contribution is -2.30. The highest BCUT2D eigenvalue weighted by Gasteiger charge is 2.10. The molecule has 7 heteroatoms. The number of fused-ring (bicyclic) bond motifs is 1. The molecule has 0 saturated heterocycles. The van der Waals surface area contributed by atoms with Crippen LogP contribution in [-0.4, -0.2) is 48.3 Å².